The van der Waals surface area contributed by atoms with E-state index in [1.54, 1.807) is 13.8 Å². The zero-order valence-corrected chi connectivity index (χ0v) is 5.44. The maximum absolute atomic E-state index is 5.31. The minimum absolute atomic E-state index is 0. The van der Waals surface area contributed by atoms with Crippen molar-refractivity contribution in [3.05, 3.63) is 0 Å². The van der Waals surface area contributed by atoms with Crippen LogP contribution in [0.4, 0.5) is 0 Å². The van der Waals surface area contributed by atoms with Crippen molar-refractivity contribution in [2.24, 2.45) is 5.73 Å². The second-order valence-electron chi connectivity index (χ2n) is 1.56. The molecular weight excluding hydrogens is 121 g/mol. The van der Waals surface area contributed by atoms with Crippen molar-refractivity contribution in [3.8, 4) is 0 Å². The highest BCUT2D eigenvalue weighted by molar-refractivity contribution is 6.22. The van der Waals surface area contributed by atoms with Crippen molar-refractivity contribution in [2.75, 3.05) is 0 Å². The molecule has 0 saturated carbocycles. The standard InChI is InChI=1S/C3H8ClN.ClH/c1-3(2,4)5;/h5H2,1-2H3;1H. The molecule has 3 heteroatoms. The molecule has 0 bridgehead atoms. The molecule has 6 heavy (non-hydrogen) atoms. The van der Waals surface area contributed by atoms with E-state index in [0.29, 0.717) is 0 Å². The van der Waals surface area contributed by atoms with Crippen LogP contribution < -0.4 is 5.73 Å². The Labute approximate surface area is 49.3 Å². The molecule has 0 saturated heterocycles. The highest BCUT2D eigenvalue weighted by Crippen LogP contribution is 1.99. The Hall–Kier alpha value is 0.540. The van der Waals surface area contributed by atoms with E-state index < -0.39 is 5.00 Å². The summed E-state index contributed by atoms with van der Waals surface area (Å²) in [5.74, 6) is 0. The van der Waals surface area contributed by atoms with E-state index in [-0.39, 0.29) is 12.4 Å². The topological polar surface area (TPSA) is 26.0 Å². The normalized spacial score (nSPS) is 10.0. The molecule has 0 aliphatic heterocycles. The van der Waals surface area contributed by atoms with Crippen LogP contribution in [0.25, 0.3) is 0 Å². The van der Waals surface area contributed by atoms with Crippen LogP contribution in [-0.4, -0.2) is 5.00 Å². The molecule has 0 aromatic rings. The summed E-state index contributed by atoms with van der Waals surface area (Å²) >= 11 is 5.31. The molecule has 1 nitrogen and oxygen atoms in total. The lowest BCUT2D eigenvalue weighted by molar-refractivity contribution is 0.743. The van der Waals surface area contributed by atoms with Gasteiger partial charge in [0.05, 0.1) is 5.00 Å². The number of alkyl halides is 1. The van der Waals surface area contributed by atoms with Gasteiger partial charge in [0.15, 0.2) is 0 Å². The molecule has 0 aromatic heterocycles. The maximum atomic E-state index is 5.31. The Balaban J connectivity index is 0. The first-order valence-corrected chi connectivity index (χ1v) is 1.86. The van der Waals surface area contributed by atoms with Gasteiger partial charge in [-0.05, 0) is 13.8 Å². The molecule has 0 aliphatic rings. The van der Waals surface area contributed by atoms with E-state index in [0.717, 1.165) is 0 Å². The van der Waals surface area contributed by atoms with Crippen molar-refractivity contribution in [1.82, 2.24) is 0 Å². The minimum atomic E-state index is -0.528. The van der Waals surface area contributed by atoms with Gasteiger partial charge in [0, 0.05) is 0 Å². The lowest BCUT2D eigenvalue weighted by Crippen LogP contribution is -2.22. The zero-order chi connectivity index (χ0) is 4.50. The van der Waals surface area contributed by atoms with Crippen LogP contribution >= 0.6 is 24.0 Å². The van der Waals surface area contributed by atoms with Crippen LogP contribution in [-0.2, 0) is 0 Å². The molecular formula is C3H9Cl2N. The molecule has 0 unspecified atom stereocenters. The molecule has 0 amide bonds. The summed E-state index contributed by atoms with van der Waals surface area (Å²) in [6, 6.07) is 0. The number of nitrogens with two attached hydrogens (primary N) is 1. The maximum Gasteiger partial charge on any atom is 0.0853 e. The van der Waals surface area contributed by atoms with E-state index in [4.69, 9.17) is 17.3 Å². The molecule has 0 heterocycles. The summed E-state index contributed by atoms with van der Waals surface area (Å²) in [6.07, 6.45) is 0. The Morgan fingerprint density at radius 2 is 1.50 bits per heavy atom. The summed E-state index contributed by atoms with van der Waals surface area (Å²) in [7, 11) is 0. The Morgan fingerprint density at radius 3 is 1.50 bits per heavy atom. The number of halogens is 2. The van der Waals surface area contributed by atoms with Crippen molar-refractivity contribution in [1.29, 1.82) is 0 Å². The van der Waals surface area contributed by atoms with Gasteiger partial charge in [-0.15, -0.1) is 24.0 Å². The highest BCUT2D eigenvalue weighted by atomic mass is 35.5. The molecule has 2 N–H and O–H groups in total. The second-order valence-corrected chi connectivity index (χ2v) is 2.54. The van der Waals surface area contributed by atoms with Gasteiger partial charge >= 0.3 is 0 Å². The third-order valence-corrected chi connectivity index (χ3v) is 0. The smallest absolute Gasteiger partial charge is 0.0853 e. The molecule has 40 valence electrons. The van der Waals surface area contributed by atoms with Crippen molar-refractivity contribution < 1.29 is 0 Å². The van der Waals surface area contributed by atoms with E-state index in [1.165, 1.54) is 0 Å². The van der Waals surface area contributed by atoms with Crippen LogP contribution in [0.5, 0.6) is 0 Å². The van der Waals surface area contributed by atoms with E-state index >= 15 is 0 Å². The Morgan fingerprint density at radius 1 is 1.50 bits per heavy atom. The molecule has 0 aliphatic carbocycles. The van der Waals surface area contributed by atoms with Crippen LogP contribution in [0.3, 0.4) is 0 Å². The summed E-state index contributed by atoms with van der Waals surface area (Å²) in [5.41, 5.74) is 5.12. The minimum Gasteiger partial charge on any atom is -0.313 e. The quantitative estimate of drug-likeness (QED) is 0.388. The van der Waals surface area contributed by atoms with Gasteiger partial charge < -0.3 is 5.73 Å². The van der Waals surface area contributed by atoms with Gasteiger partial charge in [-0.1, -0.05) is 0 Å². The summed E-state index contributed by atoms with van der Waals surface area (Å²) in [5, 5.41) is 0. The second kappa shape index (κ2) is 2.67. The SMILES string of the molecule is CC(C)(N)Cl.Cl. The number of rotatable bonds is 0. The first kappa shape index (κ1) is 9.74. The molecule has 0 rings (SSSR count). The summed E-state index contributed by atoms with van der Waals surface area (Å²) < 4.78 is 0. The lowest BCUT2D eigenvalue weighted by Gasteiger charge is -2.02. The van der Waals surface area contributed by atoms with Crippen molar-refractivity contribution in [3.63, 3.8) is 0 Å². The van der Waals surface area contributed by atoms with Gasteiger partial charge in [0.25, 0.3) is 0 Å². The van der Waals surface area contributed by atoms with Gasteiger partial charge in [0.2, 0.25) is 0 Å². The largest absolute Gasteiger partial charge is 0.313 e. The monoisotopic (exact) mass is 129 g/mol. The third-order valence-electron chi connectivity index (χ3n) is 0. The third kappa shape index (κ3) is 195. The van der Waals surface area contributed by atoms with Gasteiger partial charge in [-0.2, -0.15) is 0 Å². The van der Waals surface area contributed by atoms with Crippen LogP contribution in [0.2, 0.25) is 0 Å². The predicted octanol–water partition coefficient (Wildman–Crippen LogP) is 1.34. The van der Waals surface area contributed by atoms with E-state index in [1.807, 2.05) is 0 Å². The molecule has 0 aromatic carbocycles. The Kier molecular flexibility index (Phi) is 4.33. The van der Waals surface area contributed by atoms with Crippen molar-refractivity contribution >= 4 is 24.0 Å². The average Bonchev–Trinajstić information content (AvgIpc) is 0.722. The van der Waals surface area contributed by atoms with Gasteiger partial charge in [-0.25, -0.2) is 0 Å². The fourth-order valence-corrected chi connectivity index (χ4v) is 0. The number of hydrogen-bond donors (Lipinski definition) is 1. The van der Waals surface area contributed by atoms with Gasteiger partial charge in [-0.3, -0.25) is 0 Å². The van der Waals surface area contributed by atoms with Crippen LogP contribution in [0.1, 0.15) is 13.8 Å². The fourth-order valence-electron chi connectivity index (χ4n) is 0. The number of hydrogen-bond acceptors (Lipinski definition) is 1. The highest BCUT2D eigenvalue weighted by Gasteiger charge is 1.99. The molecule has 0 atom stereocenters. The van der Waals surface area contributed by atoms with E-state index in [2.05, 4.69) is 0 Å². The average molecular weight is 130 g/mol. The summed E-state index contributed by atoms with van der Waals surface area (Å²) in [4.78, 5) is -0.528. The zero-order valence-electron chi connectivity index (χ0n) is 3.86. The first-order valence-electron chi connectivity index (χ1n) is 1.48. The van der Waals surface area contributed by atoms with E-state index in [9.17, 15) is 0 Å². The van der Waals surface area contributed by atoms with Crippen LogP contribution in [0.15, 0.2) is 0 Å². The lowest BCUT2D eigenvalue weighted by atomic mass is 10.4. The summed E-state index contributed by atoms with van der Waals surface area (Å²) in [6.45, 7) is 3.46. The van der Waals surface area contributed by atoms with Gasteiger partial charge in [0.1, 0.15) is 0 Å². The predicted molar refractivity (Wildman–Crippen MR) is 31.4 cm³/mol. The van der Waals surface area contributed by atoms with Crippen molar-refractivity contribution in [2.45, 2.75) is 18.8 Å². The van der Waals surface area contributed by atoms with Crippen LogP contribution in [0, 0.1) is 0 Å². The first-order chi connectivity index (χ1) is 2.00. The fraction of sp³-hybridized carbons (Fsp3) is 1.00. The molecule has 0 fully saturated rings. The molecule has 0 spiro atoms. The molecule has 0 radical (unpaired) electrons. The Bertz CT molecular complexity index is 24.3.